The maximum Gasteiger partial charge on any atom is 0.246 e. The molecule has 1 aliphatic rings. The Hall–Kier alpha value is -2.09. The van der Waals surface area contributed by atoms with E-state index in [1.165, 1.54) is 23.6 Å². The van der Waals surface area contributed by atoms with E-state index in [4.69, 9.17) is 9.47 Å². The maximum atomic E-state index is 12.0. The van der Waals surface area contributed by atoms with Crippen LogP contribution in [0.15, 0.2) is 24.4 Å². The van der Waals surface area contributed by atoms with Gasteiger partial charge >= 0.3 is 0 Å². The summed E-state index contributed by atoms with van der Waals surface area (Å²) in [6.45, 7) is 6.87. The largest absolute Gasteiger partial charge is 0.497 e. The second-order valence-electron chi connectivity index (χ2n) is 8.11. The first-order valence-electron chi connectivity index (χ1n) is 10.3. The van der Waals surface area contributed by atoms with Crippen LogP contribution < -0.4 is 10.1 Å². The number of piperidine rings is 1. The molecule has 0 spiro atoms. The molecule has 0 saturated carbocycles. The summed E-state index contributed by atoms with van der Waals surface area (Å²) < 4.78 is 12.7. The van der Waals surface area contributed by atoms with Crippen LogP contribution in [0.5, 0.6) is 5.75 Å². The molecule has 0 unspecified atom stereocenters. The quantitative estimate of drug-likeness (QED) is 0.707. The molecule has 29 heavy (non-hydrogen) atoms. The van der Waals surface area contributed by atoms with Gasteiger partial charge in [0.05, 0.1) is 7.11 Å². The molecule has 7 nitrogen and oxygen atoms in total. The van der Waals surface area contributed by atoms with Crippen LogP contribution in [0.1, 0.15) is 31.9 Å². The molecule has 160 valence electrons. The van der Waals surface area contributed by atoms with Crippen LogP contribution in [0, 0.1) is 5.92 Å². The van der Waals surface area contributed by atoms with Gasteiger partial charge in [-0.05, 0) is 50.6 Å². The Morgan fingerprint density at radius 2 is 2.14 bits per heavy atom. The monoisotopic (exact) mass is 403 g/mol. The second-order valence-corrected chi connectivity index (χ2v) is 8.11. The van der Waals surface area contributed by atoms with Crippen LogP contribution in [0.3, 0.4) is 0 Å². The lowest BCUT2D eigenvalue weighted by Gasteiger charge is -2.38. The Kier molecular flexibility index (Phi) is 7.16. The summed E-state index contributed by atoms with van der Waals surface area (Å²) in [5, 5.41) is 13.9. The van der Waals surface area contributed by atoms with Crippen molar-refractivity contribution >= 4 is 16.8 Å². The number of amides is 1. The van der Waals surface area contributed by atoms with Crippen molar-refractivity contribution in [1.82, 2.24) is 14.8 Å². The topological polar surface area (TPSA) is 76.0 Å². The van der Waals surface area contributed by atoms with Crippen molar-refractivity contribution in [2.45, 2.75) is 38.9 Å². The van der Waals surface area contributed by atoms with E-state index in [0.29, 0.717) is 12.6 Å². The highest BCUT2D eigenvalue weighted by atomic mass is 16.5. The van der Waals surface area contributed by atoms with Crippen molar-refractivity contribution in [2.75, 3.05) is 40.5 Å². The van der Waals surface area contributed by atoms with Crippen molar-refractivity contribution in [3.8, 4) is 5.75 Å². The molecule has 0 aliphatic carbocycles. The molecule has 1 aromatic heterocycles. The number of aliphatic hydroxyl groups excluding tert-OH is 1. The Labute approximate surface area is 172 Å². The SMILES string of the molecule is COCC(=O)N[C@@H]1CN(Cc2cn(C(C)C)c3ccc(OC)cc23)CC[C@@H]1CO. The highest BCUT2D eigenvalue weighted by molar-refractivity contribution is 5.85. The van der Waals surface area contributed by atoms with E-state index in [0.717, 1.165) is 25.3 Å². The Morgan fingerprint density at radius 3 is 2.79 bits per heavy atom. The number of benzene rings is 1. The Bertz CT molecular complexity index is 833. The number of likely N-dealkylation sites (tertiary alicyclic amines) is 1. The number of hydrogen-bond acceptors (Lipinski definition) is 5. The van der Waals surface area contributed by atoms with Crippen molar-refractivity contribution in [3.05, 3.63) is 30.0 Å². The fourth-order valence-electron chi connectivity index (χ4n) is 4.20. The number of ether oxygens (including phenoxy) is 2. The van der Waals surface area contributed by atoms with Gasteiger partial charge in [-0.15, -0.1) is 0 Å². The first kappa shape index (κ1) is 21.6. The van der Waals surface area contributed by atoms with Gasteiger partial charge < -0.3 is 24.5 Å². The molecule has 7 heteroatoms. The molecule has 0 radical (unpaired) electrons. The summed E-state index contributed by atoms with van der Waals surface area (Å²) in [5.74, 6) is 0.784. The van der Waals surface area contributed by atoms with E-state index >= 15 is 0 Å². The van der Waals surface area contributed by atoms with Crippen LogP contribution in [0.4, 0.5) is 0 Å². The zero-order chi connectivity index (χ0) is 21.0. The average Bonchev–Trinajstić information content (AvgIpc) is 3.06. The predicted molar refractivity (Wildman–Crippen MR) is 113 cm³/mol. The average molecular weight is 404 g/mol. The molecule has 1 amide bonds. The third kappa shape index (κ3) is 4.91. The molecule has 1 saturated heterocycles. The number of aromatic nitrogens is 1. The lowest BCUT2D eigenvalue weighted by molar-refractivity contribution is -0.126. The van der Waals surface area contributed by atoms with Crippen molar-refractivity contribution in [3.63, 3.8) is 0 Å². The highest BCUT2D eigenvalue weighted by Crippen LogP contribution is 2.30. The third-order valence-corrected chi connectivity index (χ3v) is 5.77. The van der Waals surface area contributed by atoms with Crippen LogP contribution in [-0.2, 0) is 16.1 Å². The minimum atomic E-state index is -0.140. The van der Waals surface area contributed by atoms with Crippen molar-refractivity contribution in [2.24, 2.45) is 5.92 Å². The molecule has 3 rings (SSSR count). The molecule has 2 aromatic rings. The zero-order valence-electron chi connectivity index (χ0n) is 17.9. The van der Waals surface area contributed by atoms with Gasteiger partial charge in [0.2, 0.25) is 5.91 Å². The fourth-order valence-corrected chi connectivity index (χ4v) is 4.20. The fraction of sp³-hybridized carbons (Fsp3) is 0.591. The Morgan fingerprint density at radius 1 is 1.34 bits per heavy atom. The first-order chi connectivity index (χ1) is 14.0. The third-order valence-electron chi connectivity index (χ3n) is 5.77. The van der Waals surface area contributed by atoms with Crippen molar-refractivity contribution < 1.29 is 19.4 Å². The zero-order valence-corrected chi connectivity index (χ0v) is 17.9. The highest BCUT2D eigenvalue weighted by Gasteiger charge is 2.30. The Balaban J connectivity index is 1.81. The maximum absolute atomic E-state index is 12.0. The smallest absolute Gasteiger partial charge is 0.246 e. The van der Waals surface area contributed by atoms with Crippen molar-refractivity contribution in [1.29, 1.82) is 0 Å². The number of nitrogens with one attached hydrogen (secondary N) is 1. The molecule has 0 bridgehead atoms. The molecule has 1 fully saturated rings. The summed E-state index contributed by atoms with van der Waals surface area (Å²) in [6, 6.07) is 6.50. The second kappa shape index (κ2) is 9.61. The van der Waals surface area contributed by atoms with Gasteiger partial charge in [-0.1, -0.05) is 0 Å². The minimum Gasteiger partial charge on any atom is -0.497 e. The van der Waals surface area contributed by atoms with E-state index in [1.54, 1.807) is 7.11 Å². The summed E-state index contributed by atoms with van der Waals surface area (Å²) in [7, 11) is 3.20. The van der Waals surface area contributed by atoms with Gasteiger partial charge in [0.1, 0.15) is 12.4 Å². The van der Waals surface area contributed by atoms with Gasteiger partial charge in [0.25, 0.3) is 0 Å². The standard InChI is InChI=1S/C22H33N3O4/c1-15(2)25-11-17(19-9-18(29-4)5-6-21(19)25)10-24-8-7-16(13-26)20(12-24)23-22(27)14-28-3/h5-6,9,11,15-16,20,26H,7-8,10,12-14H2,1-4H3,(H,23,27)/t16-,20-/m1/s1. The molecule has 1 aromatic carbocycles. The molecule has 1 aliphatic heterocycles. The van der Waals surface area contributed by atoms with E-state index in [9.17, 15) is 9.90 Å². The van der Waals surface area contributed by atoms with Crippen LogP contribution >= 0.6 is 0 Å². The van der Waals surface area contributed by atoms with Gasteiger partial charge in [-0.3, -0.25) is 9.69 Å². The number of carbonyl (C=O) groups excluding carboxylic acids is 1. The number of hydrogen-bond donors (Lipinski definition) is 2. The van der Waals surface area contributed by atoms with Crippen LogP contribution in [0.2, 0.25) is 0 Å². The summed E-state index contributed by atoms with van der Waals surface area (Å²) in [4.78, 5) is 14.4. The van der Waals surface area contributed by atoms with E-state index < -0.39 is 0 Å². The summed E-state index contributed by atoms with van der Waals surface area (Å²) in [5.41, 5.74) is 2.45. The van der Waals surface area contributed by atoms with E-state index in [2.05, 4.69) is 47.0 Å². The molecular weight excluding hydrogens is 370 g/mol. The molecular formula is C22H33N3O4. The lowest BCUT2D eigenvalue weighted by Crippen LogP contribution is -2.53. The lowest BCUT2D eigenvalue weighted by atomic mass is 9.92. The number of carbonyl (C=O) groups is 1. The predicted octanol–water partition coefficient (Wildman–Crippen LogP) is 2.18. The number of rotatable bonds is 8. The van der Waals surface area contributed by atoms with Gasteiger partial charge in [-0.2, -0.15) is 0 Å². The van der Waals surface area contributed by atoms with Gasteiger partial charge in [0.15, 0.2) is 0 Å². The van der Waals surface area contributed by atoms with E-state index in [1.807, 2.05) is 6.07 Å². The van der Waals surface area contributed by atoms with Crippen LogP contribution in [0.25, 0.3) is 10.9 Å². The van der Waals surface area contributed by atoms with E-state index in [-0.39, 0.29) is 31.1 Å². The number of fused-ring (bicyclic) bond motifs is 1. The summed E-state index contributed by atoms with van der Waals surface area (Å²) >= 11 is 0. The number of nitrogens with zero attached hydrogens (tertiary/aromatic N) is 2. The number of methoxy groups -OCH3 is 2. The van der Waals surface area contributed by atoms with Gasteiger partial charge in [-0.25, -0.2) is 0 Å². The molecule has 2 N–H and O–H groups in total. The summed E-state index contributed by atoms with van der Waals surface area (Å²) in [6.07, 6.45) is 3.08. The molecule has 2 atom stereocenters. The normalized spacial score (nSPS) is 20.3. The minimum absolute atomic E-state index is 0.0380. The van der Waals surface area contributed by atoms with Crippen LogP contribution in [-0.4, -0.2) is 67.0 Å². The molecule has 2 heterocycles. The first-order valence-corrected chi connectivity index (χ1v) is 10.3. The number of aliphatic hydroxyl groups is 1. The van der Waals surface area contributed by atoms with Gasteiger partial charge in [0, 0.05) is 61.9 Å².